The summed E-state index contributed by atoms with van der Waals surface area (Å²) in [5.41, 5.74) is 2.53. The molecule has 0 unspecified atom stereocenters. The Morgan fingerprint density at radius 3 is 2.68 bits per heavy atom. The van der Waals surface area contributed by atoms with Crippen molar-refractivity contribution in [3.8, 4) is 11.3 Å². The molecule has 0 bridgehead atoms. The fourth-order valence-corrected chi connectivity index (χ4v) is 4.71. The van der Waals surface area contributed by atoms with E-state index >= 15 is 0 Å². The summed E-state index contributed by atoms with van der Waals surface area (Å²) in [6, 6.07) is 4.92. The first-order valence-electron chi connectivity index (χ1n) is 11.4. The molecule has 0 aliphatic heterocycles. The first-order valence-corrected chi connectivity index (χ1v) is 11.4. The Labute approximate surface area is 195 Å². The van der Waals surface area contributed by atoms with Crippen LogP contribution < -0.4 is 5.32 Å². The molecule has 10 nitrogen and oxygen atoms in total. The maximum Gasteiger partial charge on any atom is 0.339 e. The molecule has 4 heterocycles. The number of amides is 1. The monoisotopic (exact) mass is 462 g/mol. The Morgan fingerprint density at radius 2 is 1.97 bits per heavy atom. The molecule has 10 heteroatoms. The molecule has 1 aliphatic rings. The number of H-pyrrole nitrogens is 1. The number of carboxylic acid groups (broad SMARTS) is 1. The molecule has 0 aromatic carbocycles. The minimum absolute atomic E-state index is 0.0419. The number of furan rings is 1. The van der Waals surface area contributed by atoms with Crippen LogP contribution in [-0.4, -0.2) is 41.7 Å². The Kier molecular flexibility index (Phi) is 5.64. The number of nitrogens with zero attached hydrogens (tertiary/aromatic N) is 4. The summed E-state index contributed by atoms with van der Waals surface area (Å²) in [6.07, 6.45) is 8.33. The second-order valence-corrected chi connectivity index (χ2v) is 9.01. The first-order chi connectivity index (χ1) is 16.4. The van der Waals surface area contributed by atoms with Crippen LogP contribution in [0, 0.1) is 11.8 Å². The van der Waals surface area contributed by atoms with Crippen molar-refractivity contribution in [3.63, 3.8) is 0 Å². The van der Waals surface area contributed by atoms with Crippen LogP contribution in [0.4, 0.5) is 0 Å². The molecule has 1 amide bonds. The predicted molar refractivity (Wildman–Crippen MR) is 123 cm³/mol. The number of aryl methyl sites for hydroxylation is 1. The van der Waals surface area contributed by atoms with Crippen LogP contribution in [0.15, 0.2) is 41.3 Å². The summed E-state index contributed by atoms with van der Waals surface area (Å²) in [7, 11) is 1.74. The van der Waals surface area contributed by atoms with Gasteiger partial charge in [0.1, 0.15) is 29.6 Å². The van der Waals surface area contributed by atoms with E-state index in [4.69, 9.17) is 9.40 Å². The topological polar surface area (TPSA) is 139 Å². The number of pyridine rings is 1. The molecule has 3 N–H and O–H groups in total. The van der Waals surface area contributed by atoms with Gasteiger partial charge in [-0.3, -0.25) is 9.48 Å². The number of nitrogens with one attached hydrogen (secondary N) is 2. The molecule has 1 saturated carbocycles. The second kappa shape index (κ2) is 8.77. The molecule has 0 saturated heterocycles. The van der Waals surface area contributed by atoms with Crippen LogP contribution in [0.25, 0.3) is 22.4 Å². The molecule has 4 aromatic rings. The van der Waals surface area contributed by atoms with Gasteiger partial charge in [-0.25, -0.2) is 14.8 Å². The van der Waals surface area contributed by atoms with Gasteiger partial charge >= 0.3 is 5.97 Å². The lowest BCUT2D eigenvalue weighted by Gasteiger charge is -2.32. The van der Waals surface area contributed by atoms with Gasteiger partial charge in [0.2, 0.25) is 0 Å². The van der Waals surface area contributed by atoms with Gasteiger partial charge in [-0.05, 0) is 42.9 Å². The zero-order valence-electron chi connectivity index (χ0n) is 19.0. The van der Waals surface area contributed by atoms with Crippen LogP contribution in [0.2, 0.25) is 0 Å². The van der Waals surface area contributed by atoms with E-state index in [1.807, 2.05) is 6.07 Å². The molecule has 5 rings (SSSR count). The number of aromatic amines is 1. The van der Waals surface area contributed by atoms with Gasteiger partial charge in [-0.1, -0.05) is 19.8 Å². The van der Waals surface area contributed by atoms with E-state index in [9.17, 15) is 14.7 Å². The summed E-state index contributed by atoms with van der Waals surface area (Å²) < 4.78 is 6.64. The van der Waals surface area contributed by atoms with E-state index in [1.165, 1.54) is 12.5 Å². The minimum atomic E-state index is -1.09. The summed E-state index contributed by atoms with van der Waals surface area (Å²) >= 11 is 0. The number of hydrogen-bond donors (Lipinski definition) is 3. The molecule has 0 radical (unpaired) electrons. The number of carboxylic acids is 1. The van der Waals surface area contributed by atoms with Gasteiger partial charge in [0, 0.05) is 13.2 Å². The Hall–Kier alpha value is -3.95. The van der Waals surface area contributed by atoms with Crippen molar-refractivity contribution in [3.05, 3.63) is 54.0 Å². The average Bonchev–Trinajstić information content (AvgIpc) is 3.56. The highest BCUT2D eigenvalue weighted by atomic mass is 16.4. The van der Waals surface area contributed by atoms with Crippen molar-refractivity contribution < 1.29 is 19.1 Å². The zero-order valence-corrected chi connectivity index (χ0v) is 19.0. The van der Waals surface area contributed by atoms with E-state index in [-0.39, 0.29) is 23.4 Å². The lowest BCUT2D eigenvalue weighted by atomic mass is 9.79. The fourth-order valence-electron chi connectivity index (χ4n) is 4.71. The van der Waals surface area contributed by atoms with Gasteiger partial charge in [0.25, 0.3) is 5.91 Å². The molecule has 1 fully saturated rings. The highest BCUT2D eigenvalue weighted by molar-refractivity contribution is 5.95. The smallest absolute Gasteiger partial charge is 0.339 e. The highest BCUT2D eigenvalue weighted by Crippen LogP contribution is 2.37. The van der Waals surface area contributed by atoms with Crippen LogP contribution in [-0.2, 0) is 7.05 Å². The number of imidazole rings is 1. The molecule has 0 spiro atoms. The summed E-state index contributed by atoms with van der Waals surface area (Å²) in [5.74, 6) is 0.254. The summed E-state index contributed by atoms with van der Waals surface area (Å²) in [4.78, 5) is 37.2. The molecule has 176 valence electrons. The normalized spacial score (nSPS) is 19.2. The van der Waals surface area contributed by atoms with Gasteiger partial charge in [0.05, 0.1) is 22.8 Å². The maximum atomic E-state index is 13.0. The molecular formula is C24H26N6O4. The Balaban J connectivity index is 1.49. The lowest BCUT2D eigenvalue weighted by Crippen LogP contribution is -2.36. The van der Waals surface area contributed by atoms with E-state index in [0.29, 0.717) is 39.9 Å². The molecule has 1 aliphatic carbocycles. The van der Waals surface area contributed by atoms with Crippen molar-refractivity contribution in [1.82, 2.24) is 30.0 Å². The number of aromatic nitrogens is 5. The standard InChI is InChI=1S/C24H26N6O4/c1-13-3-5-14(6-4-13)20(28-23(31)19-9-10-25-30(19)2)22-27-18-8-7-17(26-21(18)29-22)15-11-34-12-16(15)24(32)33/h7-14,20H,3-6H2,1-2H3,(H,28,31)(H,32,33)(H,26,27,29)/t13?,14?,20-/m0/s1. The van der Waals surface area contributed by atoms with E-state index < -0.39 is 5.97 Å². The Morgan fingerprint density at radius 1 is 1.18 bits per heavy atom. The van der Waals surface area contributed by atoms with Crippen LogP contribution in [0.1, 0.15) is 65.3 Å². The number of hydrogen-bond acceptors (Lipinski definition) is 6. The largest absolute Gasteiger partial charge is 0.478 e. The SMILES string of the molecule is CC1CCC([C@H](NC(=O)c2ccnn2C)c2nc3nc(-c4cocc4C(=O)O)ccc3[nH]2)CC1. The third-order valence-electron chi connectivity index (χ3n) is 6.70. The van der Waals surface area contributed by atoms with Gasteiger partial charge in [0.15, 0.2) is 5.65 Å². The van der Waals surface area contributed by atoms with E-state index in [2.05, 4.69) is 27.3 Å². The minimum Gasteiger partial charge on any atom is -0.478 e. The number of carbonyl (C=O) groups is 2. The van der Waals surface area contributed by atoms with Crippen molar-refractivity contribution in [2.45, 2.75) is 38.6 Å². The number of fused-ring (bicyclic) bond motifs is 1. The maximum absolute atomic E-state index is 13.0. The van der Waals surface area contributed by atoms with Gasteiger partial charge < -0.3 is 19.8 Å². The van der Waals surface area contributed by atoms with Crippen molar-refractivity contribution in [2.24, 2.45) is 18.9 Å². The third kappa shape index (κ3) is 4.07. The van der Waals surface area contributed by atoms with Gasteiger partial charge in [-0.2, -0.15) is 5.10 Å². The molecule has 34 heavy (non-hydrogen) atoms. The van der Waals surface area contributed by atoms with Crippen molar-refractivity contribution >= 4 is 23.0 Å². The quantitative estimate of drug-likeness (QED) is 0.394. The van der Waals surface area contributed by atoms with Crippen molar-refractivity contribution in [2.75, 3.05) is 0 Å². The lowest BCUT2D eigenvalue weighted by molar-refractivity contribution is 0.0696. The van der Waals surface area contributed by atoms with Crippen molar-refractivity contribution in [1.29, 1.82) is 0 Å². The van der Waals surface area contributed by atoms with E-state index in [1.54, 1.807) is 30.1 Å². The summed E-state index contributed by atoms with van der Waals surface area (Å²) in [5, 5.41) is 16.7. The summed E-state index contributed by atoms with van der Waals surface area (Å²) in [6.45, 7) is 2.26. The highest BCUT2D eigenvalue weighted by Gasteiger charge is 2.31. The number of rotatable bonds is 6. The molecule has 4 aromatic heterocycles. The molecular weight excluding hydrogens is 436 g/mol. The van der Waals surface area contributed by atoms with Crippen LogP contribution in [0.5, 0.6) is 0 Å². The molecule has 1 atom stereocenters. The second-order valence-electron chi connectivity index (χ2n) is 9.01. The average molecular weight is 463 g/mol. The third-order valence-corrected chi connectivity index (χ3v) is 6.70. The number of aromatic carboxylic acids is 1. The van der Waals surface area contributed by atoms with Gasteiger partial charge in [-0.15, -0.1) is 0 Å². The predicted octanol–water partition coefficient (Wildman–Crippen LogP) is 3.95. The first kappa shape index (κ1) is 21.9. The Bertz CT molecular complexity index is 1340. The zero-order chi connectivity index (χ0) is 23.8. The van der Waals surface area contributed by atoms with Crippen LogP contribution >= 0.6 is 0 Å². The fraction of sp³-hybridized carbons (Fsp3) is 0.375. The van der Waals surface area contributed by atoms with Crippen LogP contribution in [0.3, 0.4) is 0 Å². The van der Waals surface area contributed by atoms with E-state index in [0.717, 1.165) is 25.7 Å². The number of carbonyl (C=O) groups excluding carboxylic acids is 1.